The van der Waals surface area contributed by atoms with E-state index in [9.17, 15) is 0 Å². The van der Waals surface area contributed by atoms with Crippen LogP contribution in [-0.2, 0) is 2.85 Å². The van der Waals surface area contributed by atoms with Crippen LogP contribution in [-0.4, -0.2) is 30.9 Å². The Labute approximate surface area is 54.3 Å². The molecule has 2 radical (unpaired) electrons. The van der Waals surface area contributed by atoms with Gasteiger partial charge in [0.2, 0.25) is 0 Å². The second kappa shape index (κ2) is 4.00. The van der Waals surface area contributed by atoms with Gasteiger partial charge in [-0.15, -0.1) is 0 Å². The summed E-state index contributed by atoms with van der Waals surface area (Å²) in [5.41, 5.74) is 0. The van der Waals surface area contributed by atoms with Gasteiger partial charge >= 0.3 is 54.0 Å². The molecule has 0 aromatic rings. The zero-order valence-electron chi connectivity index (χ0n) is 4.27. The average molecular weight is 188 g/mol. The summed E-state index contributed by atoms with van der Waals surface area (Å²) in [7, 11) is 0. The van der Waals surface area contributed by atoms with Gasteiger partial charge in [-0.3, -0.25) is 0 Å². The fourth-order valence-electron chi connectivity index (χ4n) is 0.0962. The van der Waals surface area contributed by atoms with Crippen LogP contribution in [0.25, 0.3) is 0 Å². The van der Waals surface area contributed by atoms with Crippen molar-refractivity contribution < 1.29 is 2.85 Å². The van der Waals surface area contributed by atoms with E-state index in [0.717, 1.165) is 31.2 Å². The molecule has 1 nitrogen and oxygen atoms in total. The van der Waals surface area contributed by atoms with E-state index in [0.29, 0.717) is 6.10 Å². The van der Waals surface area contributed by atoms with Gasteiger partial charge in [-0.25, -0.2) is 0 Å². The van der Waals surface area contributed by atoms with Crippen molar-refractivity contribution in [3.05, 3.63) is 0 Å². The van der Waals surface area contributed by atoms with Crippen molar-refractivity contribution in [1.29, 1.82) is 0 Å². The Morgan fingerprint density at radius 2 is 2.33 bits per heavy atom. The van der Waals surface area contributed by atoms with Crippen LogP contribution >= 0.6 is 0 Å². The van der Waals surface area contributed by atoms with Crippen molar-refractivity contribution in [2.75, 3.05) is 0 Å². The van der Waals surface area contributed by atoms with Gasteiger partial charge in [-0.2, -0.15) is 0 Å². The molecule has 0 heterocycles. The van der Waals surface area contributed by atoms with Crippen LogP contribution in [0.1, 0.15) is 20.3 Å². The maximum absolute atomic E-state index is 5.03. The molecule has 0 saturated heterocycles. The zero-order valence-corrected chi connectivity index (χ0v) is 7.57. The van der Waals surface area contributed by atoms with Crippen molar-refractivity contribution >= 4 is 24.8 Å². The van der Waals surface area contributed by atoms with Gasteiger partial charge in [0.25, 0.3) is 0 Å². The summed E-state index contributed by atoms with van der Waals surface area (Å²) in [5.74, 6) is 0. The Morgan fingerprint density at radius 3 is 2.33 bits per heavy atom. The Kier molecular flexibility index (Phi) is 4.56. The standard InChI is InChI=1S/C4H9O.In/c1-3-4(2)5;/h4H,3H2,1-2H3;/q-1;+1. The third kappa shape index (κ3) is 3.04. The molecule has 6 heavy (non-hydrogen) atoms. The molecule has 0 spiro atoms. The molecule has 0 aliphatic heterocycles. The second-order valence-electron chi connectivity index (χ2n) is 1.35. The van der Waals surface area contributed by atoms with Gasteiger partial charge in [0.1, 0.15) is 0 Å². The van der Waals surface area contributed by atoms with Gasteiger partial charge in [-0.05, 0) is 0 Å². The van der Waals surface area contributed by atoms with Crippen LogP contribution in [0.15, 0.2) is 0 Å². The molecule has 1 atom stereocenters. The molecule has 0 aromatic heterocycles. The van der Waals surface area contributed by atoms with Gasteiger partial charge in [0.05, 0.1) is 0 Å². The van der Waals surface area contributed by atoms with E-state index in [1.807, 2.05) is 0 Å². The van der Waals surface area contributed by atoms with Crippen LogP contribution < -0.4 is 0 Å². The Balaban J connectivity index is 2.75. The molecule has 1 unspecified atom stereocenters. The first kappa shape index (κ1) is 6.83. The van der Waals surface area contributed by atoms with E-state index in [-0.39, 0.29) is 0 Å². The summed E-state index contributed by atoms with van der Waals surface area (Å²) in [6, 6.07) is 0. The molecule has 0 aromatic carbocycles. The average Bonchev–Trinajstić information content (AvgIpc) is 1.65. The molecule has 0 aliphatic rings. The monoisotopic (exact) mass is 188 g/mol. The number of rotatable bonds is 2. The number of hydrogen-bond donors (Lipinski definition) is 0. The van der Waals surface area contributed by atoms with Gasteiger partial charge in [0.15, 0.2) is 0 Å². The molecule has 0 fully saturated rings. The van der Waals surface area contributed by atoms with Crippen molar-refractivity contribution in [2.24, 2.45) is 0 Å². The summed E-state index contributed by atoms with van der Waals surface area (Å²) in [6.07, 6.45) is 1.63. The quantitative estimate of drug-likeness (QED) is 0.624. The maximum atomic E-state index is 5.03. The SMILES string of the molecule is CCC(C)[O][In]. The summed E-state index contributed by atoms with van der Waals surface area (Å²) in [6.45, 7) is 4.21. The molecule has 0 amide bonds. The molecule has 0 bridgehead atoms. The van der Waals surface area contributed by atoms with Gasteiger partial charge in [0, 0.05) is 0 Å². The van der Waals surface area contributed by atoms with Crippen LogP contribution in [0.4, 0.5) is 0 Å². The fraction of sp³-hybridized carbons (Fsp3) is 1.00. The second-order valence-corrected chi connectivity index (χ2v) is 2.13. The molecule has 2 heteroatoms. The molecule has 34 valence electrons. The van der Waals surface area contributed by atoms with E-state index in [4.69, 9.17) is 2.85 Å². The first-order valence-electron chi connectivity index (χ1n) is 2.16. The Hall–Kier alpha value is 0.830. The summed E-state index contributed by atoms with van der Waals surface area (Å²) in [4.78, 5) is 0. The predicted molar refractivity (Wildman–Crippen MR) is 26.6 cm³/mol. The van der Waals surface area contributed by atoms with Gasteiger partial charge in [-0.1, -0.05) is 0 Å². The fourth-order valence-corrected chi connectivity index (χ4v) is 0.645. The molecule has 0 aliphatic carbocycles. The van der Waals surface area contributed by atoms with E-state index in [1.165, 1.54) is 0 Å². The minimum absolute atomic E-state index is 0.493. The number of hydrogen-bond acceptors (Lipinski definition) is 1. The summed E-state index contributed by atoms with van der Waals surface area (Å²) in [5, 5.41) is 0. The molecule has 0 rings (SSSR count). The third-order valence-corrected chi connectivity index (χ3v) is 2.13. The van der Waals surface area contributed by atoms with Crippen LogP contribution in [0.2, 0.25) is 0 Å². The van der Waals surface area contributed by atoms with Crippen LogP contribution in [0.5, 0.6) is 0 Å². The van der Waals surface area contributed by atoms with Crippen molar-refractivity contribution in [1.82, 2.24) is 0 Å². The first-order valence-corrected chi connectivity index (χ1v) is 3.51. The van der Waals surface area contributed by atoms with Gasteiger partial charge < -0.3 is 0 Å². The molecular formula is C4H9InO. The van der Waals surface area contributed by atoms with E-state index in [2.05, 4.69) is 13.8 Å². The van der Waals surface area contributed by atoms with Crippen molar-refractivity contribution in [2.45, 2.75) is 26.4 Å². The molecule has 0 N–H and O–H groups in total. The Bertz CT molecular complexity index is 26.7. The molecular weight excluding hydrogens is 179 g/mol. The normalized spacial score (nSPS) is 14.3. The first-order chi connectivity index (χ1) is 2.81. The van der Waals surface area contributed by atoms with E-state index in [1.54, 1.807) is 0 Å². The van der Waals surface area contributed by atoms with Crippen LogP contribution in [0.3, 0.4) is 0 Å². The summed E-state index contributed by atoms with van der Waals surface area (Å²) >= 11 is 0.937. The van der Waals surface area contributed by atoms with Crippen molar-refractivity contribution in [3.8, 4) is 0 Å². The third-order valence-electron chi connectivity index (χ3n) is 0.807. The van der Waals surface area contributed by atoms with Crippen LogP contribution in [0, 0.1) is 0 Å². The predicted octanol–water partition coefficient (Wildman–Crippen LogP) is 0.885. The minimum atomic E-state index is 0.493. The van der Waals surface area contributed by atoms with E-state index < -0.39 is 0 Å². The Morgan fingerprint density at radius 1 is 1.83 bits per heavy atom. The van der Waals surface area contributed by atoms with Crippen molar-refractivity contribution in [3.63, 3.8) is 0 Å². The zero-order chi connectivity index (χ0) is 4.99. The molecule has 0 saturated carbocycles. The van der Waals surface area contributed by atoms with E-state index >= 15 is 0 Å². The topological polar surface area (TPSA) is 9.23 Å². The summed E-state index contributed by atoms with van der Waals surface area (Å²) < 4.78 is 5.03.